The highest BCUT2D eigenvalue weighted by molar-refractivity contribution is 5.95. The molecule has 4 nitrogen and oxygen atoms in total. The number of carbonyl (C=O) groups is 1. The van der Waals surface area contributed by atoms with Crippen LogP contribution in [0, 0.1) is 23.6 Å². The molecule has 108 valence electrons. The van der Waals surface area contributed by atoms with E-state index in [1.165, 1.54) is 25.3 Å². The predicted octanol–water partition coefficient (Wildman–Crippen LogP) is 2.15. The topological polar surface area (TPSA) is 64.3 Å². The molecule has 2 bridgehead atoms. The van der Waals surface area contributed by atoms with E-state index in [2.05, 4.69) is 5.32 Å². The van der Waals surface area contributed by atoms with Crippen LogP contribution in [0.2, 0.25) is 0 Å². The van der Waals surface area contributed by atoms with Crippen molar-refractivity contribution >= 4 is 11.6 Å². The van der Waals surface area contributed by atoms with Gasteiger partial charge in [0.25, 0.3) is 0 Å². The van der Waals surface area contributed by atoms with Gasteiger partial charge in [-0.3, -0.25) is 4.79 Å². The normalized spacial score (nSPS) is 31.4. The van der Waals surface area contributed by atoms with Crippen LogP contribution >= 0.6 is 0 Å². The predicted molar refractivity (Wildman–Crippen MR) is 73.9 cm³/mol. The summed E-state index contributed by atoms with van der Waals surface area (Å²) in [5.41, 5.74) is 6.66. The Balaban J connectivity index is 1.76. The number of amides is 1. The lowest BCUT2D eigenvalue weighted by Gasteiger charge is -2.27. The molecule has 5 heteroatoms. The summed E-state index contributed by atoms with van der Waals surface area (Å²) in [6.45, 7) is 0. The third-order valence-electron chi connectivity index (χ3n) is 4.70. The van der Waals surface area contributed by atoms with Crippen molar-refractivity contribution < 1.29 is 13.9 Å². The highest BCUT2D eigenvalue weighted by atomic mass is 19.1. The van der Waals surface area contributed by atoms with E-state index in [4.69, 9.17) is 10.5 Å². The summed E-state index contributed by atoms with van der Waals surface area (Å²) in [6.07, 6.45) is 3.27. The number of nitrogens with two attached hydrogens (primary N) is 1. The number of carbonyl (C=O) groups excluding carboxylic acids is 1. The zero-order valence-electron chi connectivity index (χ0n) is 11.4. The smallest absolute Gasteiger partial charge is 0.229 e. The molecule has 3 rings (SSSR count). The summed E-state index contributed by atoms with van der Waals surface area (Å²) in [6, 6.07) is 4.03. The van der Waals surface area contributed by atoms with E-state index in [-0.39, 0.29) is 17.9 Å². The quantitative estimate of drug-likeness (QED) is 0.890. The van der Waals surface area contributed by atoms with Crippen LogP contribution in [0.5, 0.6) is 5.75 Å². The van der Waals surface area contributed by atoms with Gasteiger partial charge in [-0.2, -0.15) is 0 Å². The molecule has 2 fully saturated rings. The van der Waals surface area contributed by atoms with Crippen molar-refractivity contribution in [2.75, 3.05) is 12.4 Å². The lowest BCUT2D eigenvalue weighted by atomic mass is 9.84. The molecule has 2 aliphatic carbocycles. The molecule has 0 saturated heterocycles. The highest BCUT2D eigenvalue weighted by Crippen LogP contribution is 2.48. The number of ether oxygens (including phenoxy) is 1. The van der Waals surface area contributed by atoms with Crippen molar-refractivity contribution in [1.82, 2.24) is 0 Å². The van der Waals surface area contributed by atoms with Gasteiger partial charge >= 0.3 is 0 Å². The summed E-state index contributed by atoms with van der Waals surface area (Å²) in [5.74, 6) is 0.594. The zero-order valence-corrected chi connectivity index (χ0v) is 11.4. The largest absolute Gasteiger partial charge is 0.494 e. The van der Waals surface area contributed by atoms with Gasteiger partial charge < -0.3 is 15.8 Å². The fourth-order valence-corrected chi connectivity index (χ4v) is 3.71. The van der Waals surface area contributed by atoms with E-state index in [1.807, 2.05) is 0 Å². The number of nitrogens with one attached hydrogen (secondary N) is 1. The van der Waals surface area contributed by atoms with Crippen molar-refractivity contribution in [2.45, 2.75) is 25.3 Å². The van der Waals surface area contributed by atoms with Crippen molar-refractivity contribution in [3.05, 3.63) is 24.0 Å². The third kappa shape index (κ3) is 2.16. The average molecular weight is 278 g/mol. The molecule has 1 aromatic rings. The highest BCUT2D eigenvalue weighted by Gasteiger charge is 2.49. The molecular weight excluding hydrogens is 259 g/mol. The molecule has 0 aliphatic heterocycles. The van der Waals surface area contributed by atoms with E-state index < -0.39 is 5.82 Å². The molecule has 4 atom stereocenters. The maximum absolute atomic E-state index is 13.1. The van der Waals surface area contributed by atoms with Crippen molar-refractivity contribution in [3.8, 4) is 5.75 Å². The van der Waals surface area contributed by atoms with Crippen LogP contribution < -0.4 is 15.8 Å². The summed E-state index contributed by atoms with van der Waals surface area (Å²) in [5, 5.41) is 2.84. The summed E-state index contributed by atoms with van der Waals surface area (Å²) < 4.78 is 18.2. The Morgan fingerprint density at radius 2 is 2.15 bits per heavy atom. The monoisotopic (exact) mass is 278 g/mol. The molecule has 1 amide bonds. The second kappa shape index (κ2) is 5.05. The molecule has 2 aliphatic rings. The fourth-order valence-electron chi connectivity index (χ4n) is 3.71. The van der Waals surface area contributed by atoms with Crippen LogP contribution in [-0.4, -0.2) is 19.1 Å². The summed E-state index contributed by atoms with van der Waals surface area (Å²) in [4.78, 5) is 12.4. The lowest BCUT2D eigenvalue weighted by Crippen LogP contribution is -2.42. The summed E-state index contributed by atoms with van der Waals surface area (Å²) in [7, 11) is 1.45. The van der Waals surface area contributed by atoms with Gasteiger partial charge in [-0.15, -0.1) is 0 Å². The van der Waals surface area contributed by atoms with Crippen LogP contribution in [0.3, 0.4) is 0 Å². The van der Waals surface area contributed by atoms with E-state index in [0.717, 1.165) is 19.3 Å². The number of halogens is 1. The number of hydrogen-bond donors (Lipinski definition) is 2. The van der Waals surface area contributed by atoms with E-state index in [1.54, 1.807) is 0 Å². The van der Waals surface area contributed by atoms with Gasteiger partial charge in [-0.25, -0.2) is 4.39 Å². The lowest BCUT2D eigenvalue weighted by molar-refractivity contribution is -0.121. The molecule has 0 heterocycles. The second-order valence-corrected chi connectivity index (χ2v) is 5.77. The fraction of sp³-hybridized carbons (Fsp3) is 0.533. The van der Waals surface area contributed by atoms with Gasteiger partial charge in [0.1, 0.15) is 11.6 Å². The molecule has 2 saturated carbocycles. The Bertz CT molecular complexity index is 533. The van der Waals surface area contributed by atoms with Gasteiger partial charge in [-0.1, -0.05) is 0 Å². The van der Waals surface area contributed by atoms with Crippen molar-refractivity contribution in [2.24, 2.45) is 23.5 Å². The average Bonchev–Trinajstić information content (AvgIpc) is 3.01. The number of benzene rings is 1. The SMILES string of the molecule is COc1cc(F)ccc1NC(=O)C1C2CCC(C2)C1N. The summed E-state index contributed by atoms with van der Waals surface area (Å²) >= 11 is 0. The Morgan fingerprint density at radius 1 is 1.40 bits per heavy atom. The van der Waals surface area contributed by atoms with Crippen LogP contribution in [0.15, 0.2) is 18.2 Å². The Kier molecular flexibility index (Phi) is 3.38. The maximum Gasteiger partial charge on any atom is 0.229 e. The number of methoxy groups -OCH3 is 1. The minimum absolute atomic E-state index is 0.0554. The van der Waals surface area contributed by atoms with Gasteiger partial charge in [0, 0.05) is 12.1 Å². The van der Waals surface area contributed by atoms with Gasteiger partial charge in [0.2, 0.25) is 5.91 Å². The standard InChI is InChI=1S/C15H19FN2O2/c1-20-12-7-10(16)4-5-11(12)18-15(19)13-8-2-3-9(6-8)14(13)17/h4-5,7-9,13-14H,2-3,6,17H2,1H3,(H,18,19). The number of fused-ring (bicyclic) bond motifs is 2. The van der Waals surface area contributed by atoms with Crippen LogP contribution in [0.25, 0.3) is 0 Å². The first-order chi connectivity index (χ1) is 9.60. The van der Waals surface area contributed by atoms with E-state index >= 15 is 0 Å². The molecule has 3 N–H and O–H groups in total. The Labute approximate surface area is 117 Å². The first-order valence-corrected chi connectivity index (χ1v) is 7.00. The molecule has 20 heavy (non-hydrogen) atoms. The molecule has 0 spiro atoms. The molecule has 0 aromatic heterocycles. The van der Waals surface area contributed by atoms with Crippen LogP contribution in [0.4, 0.5) is 10.1 Å². The number of hydrogen-bond acceptors (Lipinski definition) is 3. The Morgan fingerprint density at radius 3 is 2.80 bits per heavy atom. The van der Waals surface area contributed by atoms with Crippen molar-refractivity contribution in [1.29, 1.82) is 0 Å². The Hall–Kier alpha value is -1.62. The third-order valence-corrected chi connectivity index (χ3v) is 4.70. The maximum atomic E-state index is 13.1. The zero-order chi connectivity index (χ0) is 14.3. The minimum Gasteiger partial charge on any atom is -0.494 e. The number of anilines is 1. The second-order valence-electron chi connectivity index (χ2n) is 5.77. The van der Waals surface area contributed by atoms with Crippen LogP contribution in [0.1, 0.15) is 19.3 Å². The molecule has 0 radical (unpaired) electrons. The van der Waals surface area contributed by atoms with Gasteiger partial charge in [0.15, 0.2) is 0 Å². The molecular formula is C15H19FN2O2. The first kappa shape index (κ1) is 13.4. The van der Waals surface area contributed by atoms with E-state index in [0.29, 0.717) is 23.3 Å². The first-order valence-electron chi connectivity index (χ1n) is 7.00. The van der Waals surface area contributed by atoms with Gasteiger partial charge in [0.05, 0.1) is 18.7 Å². The van der Waals surface area contributed by atoms with Crippen molar-refractivity contribution in [3.63, 3.8) is 0 Å². The number of rotatable bonds is 3. The minimum atomic E-state index is -0.392. The van der Waals surface area contributed by atoms with Gasteiger partial charge in [-0.05, 0) is 43.2 Å². The molecule has 4 unspecified atom stereocenters. The molecule has 1 aromatic carbocycles. The van der Waals surface area contributed by atoms with E-state index in [9.17, 15) is 9.18 Å². The van der Waals surface area contributed by atoms with Crippen LogP contribution in [-0.2, 0) is 4.79 Å².